The molecule has 0 fully saturated rings. The van der Waals surface area contributed by atoms with E-state index in [0.29, 0.717) is 17.9 Å². The number of ether oxygens (including phenoxy) is 1. The number of benzene rings is 1. The molecule has 0 saturated heterocycles. The van der Waals surface area contributed by atoms with E-state index in [1.54, 1.807) is 13.0 Å². The molecule has 15 heavy (non-hydrogen) atoms. The smallest absolute Gasteiger partial charge is 0.184 e. The zero-order valence-corrected chi connectivity index (χ0v) is 9.97. The van der Waals surface area contributed by atoms with Crippen molar-refractivity contribution >= 4 is 17.4 Å². The Balaban J connectivity index is 3.16. The highest BCUT2D eigenvalue weighted by molar-refractivity contribution is 6.34. The van der Waals surface area contributed by atoms with Crippen molar-refractivity contribution in [1.82, 2.24) is 0 Å². The topological polar surface area (TPSA) is 26.3 Å². The van der Waals surface area contributed by atoms with Crippen LogP contribution in [0.2, 0.25) is 0 Å². The van der Waals surface area contributed by atoms with Gasteiger partial charge in [0.1, 0.15) is 5.75 Å². The van der Waals surface area contributed by atoms with Crippen molar-refractivity contribution in [2.24, 2.45) is 0 Å². The summed E-state index contributed by atoms with van der Waals surface area (Å²) in [6, 6.07) is 5.50. The first-order valence-corrected chi connectivity index (χ1v) is 5.42. The zero-order chi connectivity index (χ0) is 11.4. The number of para-hydroxylation sites is 1. The summed E-state index contributed by atoms with van der Waals surface area (Å²) < 4.78 is 5.46. The second-order valence-electron chi connectivity index (χ2n) is 3.36. The zero-order valence-electron chi connectivity index (χ0n) is 9.21. The van der Waals surface area contributed by atoms with Crippen LogP contribution in [-0.4, -0.2) is 17.8 Å². The van der Waals surface area contributed by atoms with Crippen LogP contribution in [-0.2, 0) is 0 Å². The van der Waals surface area contributed by atoms with Crippen molar-refractivity contribution in [2.45, 2.75) is 26.1 Å². The fraction of sp³-hybridized carbons (Fsp3) is 0.417. The van der Waals surface area contributed by atoms with Crippen LogP contribution in [0.3, 0.4) is 0 Å². The van der Waals surface area contributed by atoms with Gasteiger partial charge in [0.15, 0.2) is 5.78 Å². The van der Waals surface area contributed by atoms with E-state index in [0.717, 1.165) is 5.56 Å². The lowest BCUT2D eigenvalue weighted by molar-refractivity contribution is 0.0988. The SMILES string of the molecule is CCOc1c(C)cccc1C(=O)C(C)Cl. The Morgan fingerprint density at radius 1 is 1.53 bits per heavy atom. The van der Waals surface area contributed by atoms with Crippen LogP contribution >= 0.6 is 11.6 Å². The molecule has 0 radical (unpaired) electrons. The molecular formula is C12H15ClO2. The number of aryl methyl sites for hydroxylation is 1. The lowest BCUT2D eigenvalue weighted by Gasteiger charge is -2.12. The van der Waals surface area contributed by atoms with Crippen LogP contribution in [0.25, 0.3) is 0 Å². The number of rotatable bonds is 4. The Morgan fingerprint density at radius 3 is 2.73 bits per heavy atom. The molecule has 1 aromatic carbocycles. The number of Topliss-reactive ketones (excluding diaryl/α,β-unsaturated/α-hetero) is 1. The third kappa shape index (κ3) is 2.72. The van der Waals surface area contributed by atoms with Crippen molar-refractivity contribution < 1.29 is 9.53 Å². The second kappa shape index (κ2) is 5.17. The fourth-order valence-corrected chi connectivity index (χ4v) is 1.51. The predicted octanol–water partition coefficient (Wildman–Crippen LogP) is 3.20. The maximum Gasteiger partial charge on any atom is 0.184 e. The van der Waals surface area contributed by atoms with Crippen LogP contribution < -0.4 is 4.74 Å². The van der Waals surface area contributed by atoms with Gasteiger partial charge in [-0.1, -0.05) is 12.1 Å². The monoisotopic (exact) mass is 226 g/mol. The van der Waals surface area contributed by atoms with Crippen molar-refractivity contribution in [3.8, 4) is 5.75 Å². The van der Waals surface area contributed by atoms with E-state index in [1.165, 1.54) is 0 Å². The maximum absolute atomic E-state index is 11.8. The lowest BCUT2D eigenvalue weighted by atomic mass is 10.0. The van der Waals surface area contributed by atoms with Gasteiger partial charge in [0.05, 0.1) is 17.5 Å². The van der Waals surface area contributed by atoms with Gasteiger partial charge in [-0.3, -0.25) is 4.79 Å². The minimum atomic E-state index is -0.522. The number of alkyl halides is 1. The van der Waals surface area contributed by atoms with E-state index in [2.05, 4.69) is 0 Å². The van der Waals surface area contributed by atoms with Crippen molar-refractivity contribution in [3.05, 3.63) is 29.3 Å². The van der Waals surface area contributed by atoms with Gasteiger partial charge in [0.2, 0.25) is 0 Å². The van der Waals surface area contributed by atoms with Crippen LogP contribution in [0.1, 0.15) is 29.8 Å². The number of carbonyl (C=O) groups excluding carboxylic acids is 1. The number of halogens is 1. The Kier molecular flexibility index (Phi) is 4.15. The summed E-state index contributed by atoms with van der Waals surface area (Å²) in [6.07, 6.45) is 0. The molecule has 0 amide bonds. The number of hydrogen-bond donors (Lipinski definition) is 0. The normalized spacial score (nSPS) is 12.3. The minimum absolute atomic E-state index is 0.0937. The Bertz CT molecular complexity index is 359. The highest BCUT2D eigenvalue weighted by Gasteiger charge is 2.18. The van der Waals surface area contributed by atoms with Crippen molar-refractivity contribution in [2.75, 3.05) is 6.61 Å². The summed E-state index contributed by atoms with van der Waals surface area (Å²) in [6.45, 7) is 6.02. The van der Waals surface area contributed by atoms with Crippen molar-refractivity contribution in [3.63, 3.8) is 0 Å². The molecule has 2 nitrogen and oxygen atoms in total. The third-order valence-corrected chi connectivity index (χ3v) is 2.33. The molecule has 82 valence electrons. The van der Waals surface area contributed by atoms with E-state index in [9.17, 15) is 4.79 Å². The highest BCUT2D eigenvalue weighted by atomic mass is 35.5. The van der Waals surface area contributed by atoms with Gasteiger partial charge < -0.3 is 4.74 Å². The quantitative estimate of drug-likeness (QED) is 0.582. The summed E-state index contributed by atoms with van der Waals surface area (Å²) in [5, 5.41) is -0.522. The van der Waals surface area contributed by atoms with Gasteiger partial charge in [-0.15, -0.1) is 11.6 Å². The molecule has 0 N–H and O–H groups in total. The standard InChI is InChI=1S/C12H15ClO2/c1-4-15-12-8(2)6-5-7-10(12)11(14)9(3)13/h5-7,9H,4H2,1-3H3. The highest BCUT2D eigenvalue weighted by Crippen LogP contribution is 2.25. The minimum Gasteiger partial charge on any atom is -0.493 e. The van der Waals surface area contributed by atoms with Crippen LogP contribution in [0.5, 0.6) is 5.75 Å². The molecule has 1 rings (SSSR count). The molecule has 0 spiro atoms. The molecule has 0 aliphatic carbocycles. The molecule has 0 bridgehead atoms. The van der Waals surface area contributed by atoms with Crippen LogP contribution in [0.4, 0.5) is 0 Å². The summed E-state index contributed by atoms with van der Waals surface area (Å²) in [7, 11) is 0. The van der Waals surface area contributed by atoms with E-state index in [1.807, 2.05) is 26.0 Å². The van der Waals surface area contributed by atoms with Crippen LogP contribution in [0, 0.1) is 6.92 Å². The van der Waals surface area contributed by atoms with Gasteiger partial charge in [-0.05, 0) is 32.4 Å². The van der Waals surface area contributed by atoms with Gasteiger partial charge in [-0.25, -0.2) is 0 Å². The number of hydrogen-bond acceptors (Lipinski definition) is 2. The molecule has 0 heterocycles. The molecule has 3 heteroatoms. The number of carbonyl (C=O) groups is 1. The number of ketones is 1. The first-order chi connectivity index (χ1) is 7.07. The van der Waals surface area contributed by atoms with E-state index < -0.39 is 5.38 Å². The van der Waals surface area contributed by atoms with E-state index in [-0.39, 0.29) is 5.78 Å². The maximum atomic E-state index is 11.8. The Labute approximate surface area is 95.2 Å². The molecule has 0 aromatic heterocycles. The summed E-state index contributed by atoms with van der Waals surface area (Å²) >= 11 is 5.78. The average Bonchev–Trinajstić information content (AvgIpc) is 2.20. The Hall–Kier alpha value is -1.02. The summed E-state index contributed by atoms with van der Waals surface area (Å²) in [4.78, 5) is 11.8. The first kappa shape index (κ1) is 12.1. The molecule has 1 unspecified atom stereocenters. The van der Waals surface area contributed by atoms with Gasteiger partial charge in [0, 0.05) is 0 Å². The molecule has 1 atom stereocenters. The van der Waals surface area contributed by atoms with Gasteiger partial charge in [0.25, 0.3) is 0 Å². The van der Waals surface area contributed by atoms with Gasteiger partial charge in [-0.2, -0.15) is 0 Å². The lowest BCUT2D eigenvalue weighted by Crippen LogP contribution is -2.13. The summed E-state index contributed by atoms with van der Waals surface area (Å²) in [5.74, 6) is 0.557. The molecule has 1 aromatic rings. The second-order valence-corrected chi connectivity index (χ2v) is 4.02. The van der Waals surface area contributed by atoms with E-state index >= 15 is 0 Å². The fourth-order valence-electron chi connectivity index (χ4n) is 1.40. The van der Waals surface area contributed by atoms with Crippen LogP contribution in [0.15, 0.2) is 18.2 Å². The molecular weight excluding hydrogens is 212 g/mol. The van der Waals surface area contributed by atoms with E-state index in [4.69, 9.17) is 16.3 Å². The molecule has 0 aliphatic rings. The summed E-state index contributed by atoms with van der Waals surface area (Å²) in [5.41, 5.74) is 1.53. The van der Waals surface area contributed by atoms with Gasteiger partial charge >= 0.3 is 0 Å². The largest absolute Gasteiger partial charge is 0.493 e. The Morgan fingerprint density at radius 2 is 2.20 bits per heavy atom. The average molecular weight is 227 g/mol. The first-order valence-electron chi connectivity index (χ1n) is 4.98. The molecule has 0 saturated carbocycles. The third-order valence-electron chi connectivity index (χ3n) is 2.13. The predicted molar refractivity (Wildman–Crippen MR) is 62.0 cm³/mol. The van der Waals surface area contributed by atoms with Crippen molar-refractivity contribution in [1.29, 1.82) is 0 Å². The molecule has 0 aliphatic heterocycles.